The smallest absolute Gasteiger partial charge is 0.364 e. The molecule has 106 valence electrons. The quantitative estimate of drug-likeness (QED) is 0.648. The minimum Gasteiger partial charge on any atom is -0.478 e. The van der Waals surface area contributed by atoms with E-state index in [1.54, 1.807) is 18.2 Å². The van der Waals surface area contributed by atoms with E-state index in [1.807, 2.05) is 22.6 Å². The van der Waals surface area contributed by atoms with E-state index in [0.717, 1.165) is 8.09 Å². The van der Waals surface area contributed by atoms with Gasteiger partial charge in [0, 0.05) is 6.07 Å². The van der Waals surface area contributed by atoms with Gasteiger partial charge >= 0.3 is 11.7 Å². The summed E-state index contributed by atoms with van der Waals surface area (Å²) in [5.41, 5.74) is -0.0160. The molecule has 0 aliphatic rings. The van der Waals surface area contributed by atoms with E-state index in [4.69, 9.17) is 9.84 Å². The number of nitrogens with zero attached hydrogens (tertiary/aromatic N) is 3. The molecule has 3 aromatic rings. The van der Waals surface area contributed by atoms with Gasteiger partial charge in [0.1, 0.15) is 5.75 Å². The molecule has 3 rings (SSSR count). The van der Waals surface area contributed by atoms with Crippen molar-refractivity contribution in [1.82, 2.24) is 19.8 Å². The van der Waals surface area contributed by atoms with Crippen molar-refractivity contribution in [3.63, 3.8) is 0 Å². The minimum atomic E-state index is -1.05. The number of halogens is 1. The predicted molar refractivity (Wildman–Crippen MR) is 79.8 cm³/mol. The zero-order valence-electron chi connectivity index (χ0n) is 10.3. The molecule has 21 heavy (non-hydrogen) atoms. The molecule has 0 unspecified atom stereocenters. The fraction of sp³-hybridized carbons (Fsp3) is 0. The summed E-state index contributed by atoms with van der Waals surface area (Å²) in [5, 5.41) is 19.0. The van der Waals surface area contributed by atoms with Gasteiger partial charge in [-0.1, -0.05) is 0 Å². The number of rotatable bonds is 3. The highest BCUT2D eigenvalue weighted by Crippen LogP contribution is 2.26. The number of aromatic nitrogens is 4. The largest absolute Gasteiger partial charge is 0.478 e. The molecule has 2 heterocycles. The maximum Gasteiger partial charge on any atom is 0.364 e. The number of H-pyrrole nitrogens is 1. The molecule has 2 aromatic heterocycles. The lowest BCUT2D eigenvalue weighted by Crippen LogP contribution is -2.12. The highest BCUT2D eigenvalue weighted by Gasteiger charge is 2.10. The fourth-order valence-corrected chi connectivity index (χ4v) is 2.11. The number of fused-ring (bicyclic) bond motifs is 1. The van der Waals surface area contributed by atoms with Crippen molar-refractivity contribution in [3.8, 4) is 11.6 Å². The molecule has 0 amide bonds. The summed E-state index contributed by atoms with van der Waals surface area (Å²) in [6, 6.07) is 7.61. The summed E-state index contributed by atoms with van der Waals surface area (Å²) in [4.78, 5) is 22.4. The third-order valence-corrected chi connectivity index (χ3v) is 3.53. The Hall–Kier alpha value is -2.43. The van der Waals surface area contributed by atoms with E-state index >= 15 is 0 Å². The number of aromatic amines is 1. The zero-order chi connectivity index (χ0) is 15.0. The molecule has 1 aromatic carbocycles. The number of carboxylic acid groups (broad SMARTS) is 1. The maximum absolute atomic E-state index is 11.4. The SMILES string of the molecule is O=C(O)c1ccc(I)c(Oc2ccc3n[nH]c(=O)n3n2)c1. The van der Waals surface area contributed by atoms with Crippen LogP contribution in [-0.2, 0) is 0 Å². The second-order valence-electron chi connectivity index (χ2n) is 4.02. The molecule has 0 aliphatic heterocycles. The number of aromatic carboxylic acids is 1. The van der Waals surface area contributed by atoms with Crippen LogP contribution in [0.5, 0.6) is 11.6 Å². The Kier molecular flexibility index (Phi) is 3.33. The fourth-order valence-electron chi connectivity index (χ4n) is 1.67. The van der Waals surface area contributed by atoms with Crippen LogP contribution in [0.15, 0.2) is 35.1 Å². The van der Waals surface area contributed by atoms with Gasteiger partial charge in [0.15, 0.2) is 5.65 Å². The molecule has 0 saturated carbocycles. The van der Waals surface area contributed by atoms with E-state index in [1.165, 1.54) is 12.1 Å². The first kappa shape index (κ1) is 13.5. The number of carboxylic acids is 1. The number of hydrogen-bond donors (Lipinski definition) is 2. The van der Waals surface area contributed by atoms with Gasteiger partial charge in [-0.05, 0) is 46.9 Å². The third-order valence-electron chi connectivity index (χ3n) is 2.64. The lowest BCUT2D eigenvalue weighted by molar-refractivity contribution is 0.0696. The lowest BCUT2D eigenvalue weighted by Gasteiger charge is -2.07. The summed E-state index contributed by atoms with van der Waals surface area (Å²) in [7, 11) is 0. The van der Waals surface area contributed by atoms with Crippen molar-refractivity contribution in [1.29, 1.82) is 0 Å². The highest BCUT2D eigenvalue weighted by molar-refractivity contribution is 14.1. The second kappa shape index (κ2) is 5.16. The van der Waals surface area contributed by atoms with E-state index in [-0.39, 0.29) is 11.4 Å². The Morgan fingerprint density at radius 3 is 2.90 bits per heavy atom. The average Bonchev–Trinajstić information content (AvgIpc) is 2.82. The van der Waals surface area contributed by atoms with Crippen molar-refractivity contribution < 1.29 is 14.6 Å². The van der Waals surface area contributed by atoms with Gasteiger partial charge in [-0.15, -0.1) is 5.10 Å². The predicted octanol–water partition coefficient (Wildman–Crippen LogP) is 1.51. The van der Waals surface area contributed by atoms with Crippen molar-refractivity contribution in [2.24, 2.45) is 0 Å². The van der Waals surface area contributed by atoms with Gasteiger partial charge < -0.3 is 9.84 Å². The monoisotopic (exact) mass is 398 g/mol. The van der Waals surface area contributed by atoms with Crippen molar-refractivity contribution in [2.75, 3.05) is 0 Å². The van der Waals surface area contributed by atoms with E-state index in [2.05, 4.69) is 15.3 Å². The van der Waals surface area contributed by atoms with Crippen LogP contribution in [0.25, 0.3) is 5.65 Å². The van der Waals surface area contributed by atoms with Gasteiger partial charge in [-0.3, -0.25) is 0 Å². The van der Waals surface area contributed by atoms with Crippen LogP contribution in [0.3, 0.4) is 0 Å². The molecule has 9 heteroatoms. The molecule has 0 radical (unpaired) electrons. The first-order valence-corrected chi connectivity index (χ1v) is 6.77. The molecule has 0 aliphatic carbocycles. The van der Waals surface area contributed by atoms with Gasteiger partial charge in [-0.2, -0.15) is 9.61 Å². The first-order chi connectivity index (χ1) is 10.0. The van der Waals surface area contributed by atoms with E-state index in [9.17, 15) is 9.59 Å². The zero-order valence-corrected chi connectivity index (χ0v) is 12.4. The van der Waals surface area contributed by atoms with Gasteiger partial charge in [0.2, 0.25) is 5.88 Å². The summed E-state index contributed by atoms with van der Waals surface area (Å²) in [6.45, 7) is 0. The van der Waals surface area contributed by atoms with Crippen molar-refractivity contribution in [3.05, 3.63) is 49.9 Å². The molecule has 0 spiro atoms. The van der Waals surface area contributed by atoms with Crippen LogP contribution in [0.2, 0.25) is 0 Å². The van der Waals surface area contributed by atoms with Crippen LogP contribution >= 0.6 is 22.6 Å². The Morgan fingerprint density at radius 2 is 2.14 bits per heavy atom. The molecular formula is C12H7IN4O4. The summed E-state index contributed by atoms with van der Waals surface area (Å²) >= 11 is 2.02. The standard InChI is InChI=1S/C12H7IN4O4/c13-7-2-1-6(11(18)19)5-8(7)21-10-4-3-9-14-15-12(20)17(9)16-10/h1-5H,(H,15,20)(H,18,19). The Balaban J connectivity index is 2.01. The summed E-state index contributed by atoms with van der Waals surface area (Å²) < 4.78 is 7.33. The molecule has 2 N–H and O–H groups in total. The van der Waals surface area contributed by atoms with Crippen LogP contribution in [0.4, 0.5) is 0 Å². The molecule has 0 bridgehead atoms. The summed E-state index contributed by atoms with van der Waals surface area (Å²) in [6.07, 6.45) is 0. The number of carbonyl (C=O) groups is 1. The molecule has 8 nitrogen and oxygen atoms in total. The van der Waals surface area contributed by atoms with Crippen LogP contribution < -0.4 is 10.4 Å². The van der Waals surface area contributed by atoms with E-state index in [0.29, 0.717) is 11.4 Å². The first-order valence-electron chi connectivity index (χ1n) is 5.70. The van der Waals surface area contributed by atoms with Crippen LogP contribution in [-0.4, -0.2) is 30.9 Å². The number of ether oxygens (including phenoxy) is 1. The maximum atomic E-state index is 11.4. The Morgan fingerprint density at radius 1 is 1.33 bits per heavy atom. The number of hydrogen-bond acceptors (Lipinski definition) is 5. The van der Waals surface area contributed by atoms with E-state index < -0.39 is 11.7 Å². The minimum absolute atomic E-state index is 0.104. The van der Waals surface area contributed by atoms with Gasteiger partial charge in [-0.25, -0.2) is 14.7 Å². The lowest BCUT2D eigenvalue weighted by atomic mass is 10.2. The molecule has 0 saturated heterocycles. The van der Waals surface area contributed by atoms with Crippen LogP contribution in [0.1, 0.15) is 10.4 Å². The van der Waals surface area contributed by atoms with Gasteiger partial charge in [0.25, 0.3) is 0 Å². The summed E-state index contributed by atoms with van der Waals surface area (Å²) in [5.74, 6) is -0.545. The number of nitrogens with one attached hydrogen (secondary N) is 1. The van der Waals surface area contributed by atoms with Crippen LogP contribution in [0, 0.1) is 3.57 Å². The second-order valence-corrected chi connectivity index (χ2v) is 5.18. The Bertz CT molecular complexity index is 902. The van der Waals surface area contributed by atoms with Gasteiger partial charge in [0.05, 0.1) is 9.13 Å². The average molecular weight is 398 g/mol. The molecular weight excluding hydrogens is 391 g/mol. The topological polar surface area (TPSA) is 110 Å². The third kappa shape index (κ3) is 2.59. The highest BCUT2D eigenvalue weighted by atomic mass is 127. The molecule has 0 fully saturated rings. The number of benzene rings is 1. The van der Waals surface area contributed by atoms with Crippen molar-refractivity contribution in [2.45, 2.75) is 0 Å². The molecule has 0 atom stereocenters. The normalized spacial score (nSPS) is 10.7. The Labute approximate surface area is 130 Å². The van der Waals surface area contributed by atoms with Crippen molar-refractivity contribution >= 4 is 34.2 Å².